The maximum absolute atomic E-state index is 8.25. The van der Waals surface area contributed by atoms with Crippen LogP contribution in [0, 0.1) is 0 Å². The number of hydrogen-bond acceptors (Lipinski definition) is 3. The van der Waals surface area contributed by atoms with Crippen molar-refractivity contribution in [2.24, 2.45) is 5.73 Å². The Bertz CT molecular complexity index is 57.9. The Labute approximate surface area is 49.4 Å². The van der Waals surface area contributed by atoms with Gasteiger partial charge in [0, 0.05) is 0 Å². The lowest BCUT2D eigenvalue weighted by atomic mass is 10.3. The number of rotatable bonds is 3. The first-order valence-electron chi connectivity index (χ1n) is 2.60. The van der Waals surface area contributed by atoms with Gasteiger partial charge in [-0.2, -0.15) is 0 Å². The summed E-state index contributed by atoms with van der Waals surface area (Å²) in [7, 11) is 0. The summed E-state index contributed by atoms with van der Waals surface area (Å²) >= 11 is 0. The molecule has 0 unspecified atom stereocenters. The van der Waals surface area contributed by atoms with Crippen LogP contribution in [0.5, 0.6) is 0 Å². The summed E-state index contributed by atoms with van der Waals surface area (Å²) in [4.78, 5) is 0. The zero-order valence-corrected chi connectivity index (χ0v) is 5.35. The molecule has 0 bridgehead atoms. The second kappa shape index (κ2) is 3.02. The van der Waals surface area contributed by atoms with Gasteiger partial charge in [-0.15, -0.1) is 0 Å². The summed E-state index contributed by atoms with van der Waals surface area (Å²) in [6, 6.07) is 0. The Morgan fingerprint density at radius 2 is 2.12 bits per heavy atom. The first kappa shape index (κ1) is 7.88. The molecule has 0 rings (SSSR count). The van der Waals surface area contributed by atoms with E-state index >= 15 is 0 Å². The summed E-state index contributed by atoms with van der Waals surface area (Å²) in [5, 5.41) is 8.25. The van der Waals surface area contributed by atoms with Gasteiger partial charge in [-0.05, 0) is 13.8 Å². The van der Waals surface area contributed by atoms with Gasteiger partial charge in [0.25, 0.3) is 0 Å². The monoisotopic (exact) mass is 119 g/mol. The smallest absolute Gasteiger partial charge is 0.111 e. The van der Waals surface area contributed by atoms with E-state index in [1.165, 1.54) is 0 Å². The number of hydrogen-bond donors (Lipinski definition) is 2. The van der Waals surface area contributed by atoms with E-state index in [2.05, 4.69) is 0 Å². The second-order valence-electron chi connectivity index (χ2n) is 2.18. The Kier molecular flexibility index (Phi) is 2.97. The van der Waals surface area contributed by atoms with E-state index in [4.69, 9.17) is 15.6 Å². The van der Waals surface area contributed by atoms with Gasteiger partial charge in [0.15, 0.2) is 0 Å². The molecule has 0 saturated heterocycles. The molecule has 0 aliphatic rings. The van der Waals surface area contributed by atoms with Gasteiger partial charge >= 0.3 is 0 Å². The number of ether oxygens (including phenoxy) is 1. The Morgan fingerprint density at radius 1 is 1.62 bits per heavy atom. The fourth-order valence-corrected chi connectivity index (χ4v) is 0.309. The Morgan fingerprint density at radius 3 is 2.25 bits per heavy atom. The van der Waals surface area contributed by atoms with Crippen molar-refractivity contribution in [3.8, 4) is 0 Å². The van der Waals surface area contributed by atoms with Gasteiger partial charge in [-0.1, -0.05) is 0 Å². The summed E-state index contributed by atoms with van der Waals surface area (Å²) in [6.45, 7) is 3.81. The highest BCUT2D eigenvalue weighted by molar-refractivity contribution is 4.54. The van der Waals surface area contributed by atoms with Crippen LogP contribution in [0.25, 0.3) is 0 Å². The lowest BCUT2D eigenvalue weighted by Gasteiger charge is -2.18. The highest BCUT2D eigenvalue weighted by Crippen LogP contribution is 1.96. The maximum atomic E-state index is 8.25. The molecule has 0 aliphatic carbocycles. The minimum atomic E-state index is -0.608. The molecule has 0 aromatic carbocycles. The van der Waals surface area contributed by atoms with Crippen molar-refractivity contribution in [2.75, 3.05) is 13.2 Å². The third kappa shape index (κ3) is 5.88. The lowest BCUT2D eigenvalue weighted by Crippen LogP contribution is -2.36. The largest absolute Gasteiger partial charge is 0.394 e. The molecule has 0 amide bonds. The van der Waals surface area contributed by atoms with Crippen LogP contribution in [0.2, 0.25) is 0 Å². The van der Waals surface area contributed by atoms with Crippen molar-refractivity contribution in [1.82, 2.24) is 0 Å². The molecule has 0 atom stereocenters. The van der Waals surface area contributed by atoms with Gasteiger partial charge in [0.1, 0.15) is 5.72 Å². The van der Waals surface area contributed by atoms with E-state index < -0.39 is 5.72 Å². The predicted molar refractivity (Wildman–Crippen MR) is 31.3 cm³/mol. The molecule has 0 spiro atoms. The average Bonchev–Trinajstić information content (AvgIpc) is 1.59. The summed E-state index contributed by atoms with van der Waals surface area (Å²) < 4.78 is 4.91. The number of aliphatic hydroxyl groups is 1. The molecule has 0 aromatic heterocycles. The van der Waals surface area contributed by atoms with Crippen LogP contribution in [0.3, 0.4) is 0 Å². The van der Waals surface area contributed by atoms with Crippen LogP contribution in [0.1, 0.15) is 13.8 Å². The second-order valence-corrected chi connectivity index (χ2v) is 2.18. The summed E-state index contributed by atoms with van der Waals surface area (Å²) in [5.41, 5.74) is 4.78. The third-order valence-corrected chi connectivity index (χ3v) is 0.565. The van der Waals surface area contributed by atoms with Gasteiger partial charge < -0.3 is 15.6 Å². The van der Waals surface area contributed by atoms with Crippen LogP contribution in [-0.4, -0.2) is 24.0 Å². The fourth-order valence-electron chi connectivity index (χ4n) is 0.309. The van der Waals surface area contributed by atoms with Crippen molar-refractivity contribution in [3.05, 3.63) is 0 Å². The van der Waals surface area contributed by atoms with Crippen molar-refractivity contribution < 1.29 is 9.84 Å². The topological polar surface area (TPSA) is 55.5 Å². The Hall–Kier alpha value is -0.120. The Balaban J connectivity index is 3.11. The van der Waals surface area contributed by atoms with Crippen LogP contribution in [-0.2, 0) is 4.74 Å². The van der Waals surface area contributed by atoms with Crippen molar-refractivity contribution >= 4 is 0 Å². The molecular weight excluding hydrogens is 106 g/mol. The first-order chi connectivity index (χ1) is 3.56. The third-order valence-electron chi connectivity index (χ3n) is 0.565. The zero-order valence-electron chi connectivity index (χ0n) is 5.35. The molecule has 0 aromatic rings. The molecule has 0 fully saturated rings. The molecule has 3 nitrogen and oxygen atoms in total. The molecule has 50 valence electrons. The van der Waals surface area contributed by atoms with E-state index in [1.54, 1.807) is 13.8 Å². The average molecular weight is 119 g/mol. The van der Waals surface area contributed by atoms with Crippen molar-refractivity contribution in [3.63, 3.8) is 0 Å². The van der Waals surface area contributed by atoms with E-state index in [-0.39, 0.29) is 6.61 Å². The molecule has 0 heterocycles. The SMILES string of the molecule is CC(C)(N)OCCO. The minimum Gasteiger partial charge on any atom is -0.394 e. The van der Waals surface area contributed by atoms with Crippen LogP contribution >= 0.6 is 0 Å². The summed E-state index contributed by atoms with van der Waals surface area (Å²) in [5.74, 6) is 0. The van der Waals surface area contributed by atoms with E-state index in [0.29, 0.717) is 6.61 Å². The fraction of sp³-hybridized carbons (Fsp3) is 1.00. The molecule has 0 aliphatic heterocycles. The van der Waals surface area contributed by atoms with Gasteiger partial charge in [0.2, 0.25) is 0 Å². The zero-order chi connectivity index (χ0) is 6.62. The molecule has 3 N–H and O–H groups in total. The predicted octanol–water partition coefficient (Wildman–Crippen LogP) is -0.310. The first-order valence-corrected chi connectivity index (χ1v) is 2.60. The molecule has 8 heavy (non-hydrogen) atoms. The standard InChI is InChI=1S/C5H13NO2/c1-5(2,6)8-4-3-7/h7H,3-4,6H2,1-2H3. The number of nitrogens with two attached hydrogens (primary N) is 1. The van der Waals surface area contributed by atoms with Crippen LogP contribution in [0.4, 0.5) is 0 Å². The molecular formula is C5H13NO2. The molecule has 0 saturated carbocycles. The van der Waals surface area contributed by atoms with Crippen LogP contribution < -0.4 is 5.73 Å². The van der Waals surface area contributed by atoms with E-state index in [9.17, 15) is 0 Å². The van der Waals surface area contributed by atoms with Crippen molar-refractivity contribution in [2.45, 2.75) is 19.6 Å². The minimum absolute atomic E-state index is 0.0284. The van der Waals surface area contributed by atoms with Gasteiger partial charge in [-0.3, -0.25) is 0 Å². The quantitative estimate of drug-likeness (QED) is 0.501. The molecule has 0 radical (unpaired) electrons. The highest BCUT2D eigenvalue weighted by Gasteiger charge is 2.08. The van der Waals surface area contributed by atoms with Crippen LogP contribution in [0.15, 0.2) is 0 Å². The van der Waals surface area contributed by atoms with E-state index in [1.807, 2.05) is 0 Å². The lowest BCUT2D eigenvalue weighted by molar-refractivity contribution is -0.0284. The normalized spacial score (nSPS) is 12.0. The maximum Gasteiger partial charge on any atom is 0.111 e. The molecule has 3 heteroatoms. The number of aliphatic hydroxyl groups excluding tert-OH is 1. The highest BCUT2D eigenvalue weighted by atomic mass is 16.5. The van der Waals surface area contributed by atoms with Crippen molar-refractivity contribution in [1.29, 1.82) is 0 Å². The van der Waals surface area contributed by atoms with E-state index in [0.717, 1.165) is 0 Å². The van der Waals surface area contributed by atoms with Gasteiger partial charge in [-0.25, -0.2) is 0 Å². The summed E-state index contributed by atoms with van der Waals surface area (Å²) in [6.07, 6.45) is 0. The van der Waals surface area contributed by atoms with Gasteiger partial charge in [0.05, 0.1) is 13.2 Å².